The van der Waals surface area contributed by atoms with Crippen molar-refractivity contribution in [3.8, 4) is 11.3 Å². The number of aryl methyl sites for hydroxylation is 1. The number of rotatable bonds is 3. The van der Waals surface area contributed by atoms with Gasteiger partial charge < -0.3 is 0 Å². The average molecular weight is 477 g/mol. The fourth-order valence-corrected chi connectivity index (χ4v) is 4.70. The van der Waals surface area contributed by atoms with Gasteiger partial charge in [-0.25, -0.2) is 17.8 Å². The third-order valence-electron chi connectivity index (χ3n) is 5.44. The summed E-state index contributed by atoms with van der Waals surface area (Å²) < 4.78 is 38.2. The average Bonchev–Trinajstić information content (AvgIpc) is 3.12. The Bertz CT molecular complexity index is 1510. The summed E-state index contributed by atoms with van der Waals surface area (Å²) in [7, 11) is -3.40. The molecule has 1 aromatic heterocycles. The van der Waals surface area contributed by atoms with Crippen LogP contribution in [0.25, 0.3) is 22.2 Å². The summed E-state index contributed by atoms with van der Waals surface area (Å²) in [5.41, 5.74) is 3.11. The van der Waals surface area contributed by atoms with E-state index in [1.807, 2.05) is 13.0 Å². The summed E-state index contributed by atoms with van der Waals surface area (Å²) in [6, 6.07) is 20.1. The first-order valence-corrected chi connectivity index (χ1v) is 12.4. The van der Waals surface area contributed by atoms with Gasteiger partial charge in [0.05, 0.1) is 21.7 Å². The lowest BCUT2D eigenvalue weighted by Gasteiger charge is -2.13. The van der Waals surface area contributed by atoms with Gasteiger partial charge in [0.1, 0.15) is 11.3 Å². The van der Waals surface area contributed by atoms with Crippen LogP contribution in [0.1, 0.15) is 33.2 Å². The lowest BCUT2D eigenvalue weighted by Crippen LogP contribution is -2.19. The number of nitrogens with zero attached hydrogens (tertiary/aromatic N) is 1. The highest BCUT2D eigenvalue weighted by molar-refractivity contribution is 7.90. The number of hydrogen-bond donors (Lipinski definition) is 1. The highest BCUT2D eigenvalue weighted by Crippen LogP contribution is 2.31. The SMILES string of the molecule is CCc1cc2cccc(F)c2nc1-c1ccccc1S(C)(=O)=O.O=C1NC(=O)c2ccccc21. The maximum atomic E-state index is 14.1. The highest BCUT2D eigenvalue weighted by atomic mass is 32.2. The number of amides is 2. The Morgan fingerprint density at radius 2 is 1.44 bits per heavy atom. The number of imide groups is 1. The van der Waals surface area contributed by atoms with E-state index in [-0.39, 0.29) is 22.2 Å². The fraction of sp³-hybridized carbons (Fsp3) is 0.115. The van der Waals surface area contributed by atoms with Crippen molar-refractivity contribution < 1.29 is 22.4 Å². The van der Waals surface area contributed by atoms with Crippen molar-refractivity contribution in [1.29, 1.82) is 0 Å². The lowest BCUT2D eigenvalue weighted by molar-refractivity contribution is 0.0879. The van der Waals surface area contributed by atoms with Crippen LogP contribution in [0.4, 0.5) is 4.39 Å². The molecule has 6 nitrogen and oxygen atoms in total. The molecule has 0 spiro atoms. The van der Waals surface area contributed by atoms with Gasteiger partial charge in [-0.05, 0) is 42.3 Å². The number of nitrogens with one attached hydrogen (secondary N) is 1. The quantitative estimate of drug-likeness (QED) is 0.437. The molecule has 0 saturated carbocycles. The predicted octanol–water partition coefficient (Wildman–Crippen LogP) is 4.58. The summed E-state index contributed by atoms with van der Waals surface area (Å²) >= 11 is 0. The summed E-state index contributed by atoms with van der Waals surface area (Å²) in [5.74, 6) is -1.01. The molecule has 3 aromatic carbocycles. The number of benzene rings is 3. The van der Waals surface area contributed by atoms with Gasteiger partial charge in [-0.2, -0.15) is 0 Å². The molecule has 4 aromatic rings. The summed E-state index contributed by atoms with van der Waals surface area (Å²) in [4.78, 5) is 26.5. The van der Waals surface area contributed by atoms with Crippen molar-refractivity contribution >= 4 is 32.6 Å². The Morgan fingerprint density at radius 3 is 2.03 bits per heavy atom. The second-order valence-electron chi connectivity index (χ2n) is 7.76. The van der Waals surface area contributed by atoms with Gasteiger partial charge in [-0.15, -0.1) is 0 Å². The Hall–Kier alpha value is -3.91. The van der Waals surface area contributed by atoms with Gasteiger partial charge in [0.25, 0.3) is 11.8 Å². The van der Waals surface area contributed by atoms with Crippen LogP contribution in [-0.4, -0.2) is 31.5 Å². The molecule has 2 heterocycles. The number of pyridine rings is 1. The third kappa shape index (κ3) is 4.45. The minimum absolute atomic E-state index is 0.206. The molecule has 0 radical (unpaired) electrons. The molecule has 5 rings (SSSR count). The van der Waals surface area contributed by atoms with Crippen molar-refractivity contribution in [3.05, 3.63) is 95.3 Å². The molecule has 1 N–H and O–H groups in total. The normalized spacial score (nSPS) is 12.7. The van der Waals surface area contributed by atoms with Crippen molar-refractivity contribution in [3.63, 3.8) is 0 Å². The van der Waals surface area contributed by atoms with Crippen molar-refractivity contribution in [2.45, 2.75) is 18.2 Å². The Balaban J connectivity index is 0.000000207. The molecule has 0 saturated heterocycles. The number of fused-ring (bicyclic) bond motifs is 2. The molecular formula is C26H21FN2O4S. The number of halogens is 1. The topological polar surface area (TPSA) is 93.2 Å². The fourth-order valence-electron chi connectivity index (χ4n) is 3.81. The van der Waals surface area contributed by atoms with Crippen LogP contribution >= 0.6 is 0 Å². The maximum Gasteiger partial charge on any atom is 0.258 e. The molecule has 8 heteroatoms. The van der Waals surface area contributed by atoms with Crippen LogP contribution in [0.2, 0.25) is 0 Å². The van der Waals surface area contributed by atoms with Crippen LogP contribution in [0, 0.1) is 5.82 Å². The van der Waals surface area contributed by atoms with Crippen molar-refractivity contribution in [2.24, 2.45) is 0 Å². The second-order valence-corrected chi connectivity index (χ2v) is 9.74. The number of para-hydroxylation sites is 1. The van der Waals surface area contributed by atoms with Gasteiger partial charge in [0, 0.05) is 17.2 Å². The summed E-state index contributed by atoms with van der Waals surface area (Å²) in [6.07, 6.45) is 1.84. The van der Waals surface area contributed by atoms with E-state index in [1.165, 1.54) is 12.3 Å². The van der Waals surface area contributed by atoms with Gasteiger partial charge in [0.2, 0.25) is 0 Å². The summed E-state index contributed by atoms with van der Waals surface area (Å²) in [6.45, 7) is 1.97. The minimum Gasteiger partial charge on any atom is -0.288 e. The molecule has 0 aliphatic carbocycles. The van der Waals surface area contributed by atoms with E-state index in [0.717, 1.165) is 5.56 Å². The molecule has 2 amide bonds. The zero-order chi connectivity index (χ0) is 24.5. The largest absolute Gasteiger partial charge is 0.288 e. The van der Waals surface area contributed by atoms with Crippen molar-refractivity contribution in [2.75, 3.05) is 6.26 Å². The van der Waals surface area contributed by atoms with Crippen LogP contribution in [-0.2, 0) is 16.3 Å². The number of hydrogen-bond acceptors (Lipinski definition) is 5. The van der Waals surface area contributed by atoms with E-state index < -0.39 is 15.7 Å². The highest BCUT2D eigenvalue weighted by Gasteiger charge is 2.25. The Kier molecular flexibility index (Phi) is 6.26. The van der Waals surface area contributed by atoms with E-state index in [9.17, 15) is 22.4 Å². The molecule has 0 unspecified atom stereocenters. The van der Waals surface area contributed by atoms with Gasteiger partial charge in [0.15, 0.2) is 9.84 Å². The smallest absolute Gasteiger partial charge is 0.258 e. The second kappa shape index (κ2) is 9.15. The first kappa shape index (κ1) is 23.3. The molecule has 1 aliphatic rings. The van der Waals surface area contributed by atoms with Crippen LogP contribution in [0.3, 0.4) is 0 Å². The zero-order valence-corrected chi connectivity index (χ0v) is 19.3. The number of carbonyl (C=O) groups is 2. The number of aromatic nitrogens is 1. The molecule has 172 valence electrons. The number of sulfone groups is 1. The van der Waals surface area contributed by atoms with Crippen LogP contribution < -0.4 is 5.32 Å². The van der Waals surface area contributed by atoms with E-state index in [2.05, 4.69) is 10.3 Å². The molecule has 1 aliphatic heterocycles. The molecule has 0 fully saturated rings. The number of carbonyl (C=O) groups excluding carboxylic acids is 2. The van der Waals surface area contributed by atoms with E-state index in [1.54, 1.807) is 60.7 Å². The Labute approximate surface area is 196 Å². The molecule has 34 heavy (non-hydrogen) atoms. The summed E-state index contributed by atoms with van der Waals surface area (Å²) in [5, 5.41) is 2.91. The van der Waals surface area contributed by atoms with E-state index >= 15 is 0 Å². The zero-order valence-electron chi connectivity index (χ0n) is 18.5. The first-order valence-electron chi connectivity index (χ1n) is 10.5. The monoisotopic (exact) mass is 476 g/mol. The maximum absolute atomic E-state index is 14.1. The van der Waals surface area contributed by atoms with Gasteiger partial charge >= 0.3 is 0 Å². The minimum atomic E-state index is -3.40. The van der Waals surface area contributed by atoms with Crippen LogP contribution in [0.5, 0.6) is 0 Å². The van der Waals surface area contributed by atoms with Gasteiger partial charge in [-0.1, -0.05) is 49.4 Å². The predicted molar refractivity (Wildman–Crippen MR) is 128 cm³/mol. The van der Waals surface area contributed by atoms with E-state index in [4.69, 9.17) is 0 Å². The molecular weight excluding hydrogens is 455 g/mol. The van der Waals surface area contributed by atoms with E-state index in [0.29, 0.717) is 34.2 Å². The molecule has 0 atom stereocenters. The van der Waals surface area contributed by atoms with Gasteiger partial charge in [-0.3, -0.25) is 14.9 Å². The van der Waals surface area contributed by atoms with Crippen LogP contribution in [0.15, 0.2) is 77.7 Å². The first-order chi connectivity index (χ1) is 16.2. The Morgan fingerprint density at radius 1 is 0.853 bits per heavy atom. The standard InChI is InChI=1S/C18H16FNO2S.C8H5NO2/c1-3-12-11-13-7-6-9-15(19)18(13)20-17(12)14-8-4-5-10-16(14)23(2,21)22;10-7-5-3-1-2-4-6(5)8(11)9-7/h4-11H,3H2,1-2H3;1-4H,(H,9,10,11). The lowest BCUT2D eigenvalue weighted by atomic mass is 10.0. The molecule has 0 bridgehead atoms. The van der Waals surface area contributed by atoms with Crippen molar-refractivity contribution in [1.82, 2.24) is 10.3 Å². The third-order valence-corrected chi connectivity index (χ3v) is 6.60.